The summed E-state index contributed by atoms with van der Waals surface area (Å²) < 4.78 is 27.1. The second-order valence-electron chi connectivity index (χ2n) is 5.00. The van der Waals surface area contributed by atoms with Crippen LogP contribution in [0.2, 0.25) is 0 Å². The standard InChI is InChI=1S/C17H13NO4S.C2H6.C2H4/c19-17(20)14-7-6-13-11-15(9-8-12(13)10-14)18-23(21,22)16-4-2-1-3-5-16;2*1-2/h1-11,18H,(H,19,20);1-2H3;1-2H2. The van der Waals surface area contributed by atoms with Crippen molar-refractivity contribution in [2.75, 3.05) is 4.72 Å². The quantitative estimate of drug-likeness (QED) is 0.607. The zero-order chi connectivity index (χ0) is 20.4. The number of benzene rings is 3. The van der Waals surface area contributed by atoms with E-state index in [2.05, 4.69) is 17.9 Å². The van der Waals surface area contributed by atoms with E-state index in [1.54, 1.807) is 48.5 Å². The van der Waals surface area contributed by atoms with Crippen LogP contribution in [0.1, 0.15) is 24.2 Å². The van der Waals surface area contributed by atoms with E-state index in [9.17, 15) is 13.2 Å². The van der Waals surface area contributed by atoms with E-state index in [0.717, 1.165) is 10.8 Å². The van der Waals surface area contributed by atoms with Gasteiger partial charge in [0, 0.05) is 5.69 Å². The maximum Gasteiger partial charge on any atom is 0.335 e. The molecule has 142 valence electrons. The van der Waals surface area contributed by atoms with E-state index in [1.807, 2.05) is 13.8 Å². The van der Waals surface area contributed by atoms with Gasteiger partial charge in [-0.3, -0.25) is 4.72 Å². The monoisotopic (exact) mass is 385 g/mol. The molecule has 0 saturated heterocycles. The Morgan fingerprint density at radius 1 is 0.889 bits per heavy atom. The Labute approximate surface area is 160 Å². The Balaban J connectivity index is 0.000000855. The predicted molar refractivity (Wildman–Crippen MR) is 111 cm³/mol. The SMILES string of the molecule is C=C.CC.O=C(O)c1ccc2cc(NS(=O)(=O)c3ccccc3)ccc2c1. The first-order chi connectivity index (χ1) is 13.0. The number of carboxylic acid groups (broad SMARTS) is 1. The largest absolute Gasteiger partial charge is 0.478 e. The van der Waals surface area contributed by atoms with Gasteiger partial charge in [-0.2, -0.15) is 0 Å². The fourth-order valence-corrected chi connectivity index (χ4v) is 3.33. The highest BCUT2D eigenvalue weighted by atomic mass is 32.2. The fraction of sp³-hybridized carbons (Fsp3) is 0.0952. The number of fused-ring (bicyclic) bond motifs is 1. The van der Waals surface area contributed by atoms with Gasteiger partial charge in [-0.1, -0.05) is 44.2 Å². The highest BCUT2D eigenvalue weighted by Crippen LogP contribution is 2.23. The third-order valence-electron chi connectivity index (χ3n) is 3.39. The molecule has 0 aromatic heterocycles. The fourth-order valence-electron chi connectivity index (χ4n) is 2.26. The van der Waals surface area contributed by atoms with Crippen LogP contribution >= 0.6 is 0 Å². The van der Waals surface area contributed by atoms with Gasteiger partial charge < -0.3 is 5.11 Å². The number of carbonyl (C=O) groups is 1. The maximum absolute atomic E-state index is 12.3. The molecule has 0 aliphatic heterocycles. The average Bonchev–Trinajstić information content (AvgIpc) is 2.71. The molecule has 6 heteroatoms. The molecule has 5 nitrogen and oxygen atoms in total. The van der Waals surface area contributed by atoms with Gasteiger partial charge in [0.15, 0.2) is 0 Å². The molecular formula is C21H23NO4S. The lowest BCUT2D eigenvalue weighted by Gasteiger charge is -2.09. The van der Waals surface area contributed by atoms with E-state index in [0.29, 0.717) is 5.69 Å². The number of hydrogen-bond donors (Lipinski definition) is 2. The molecule has 0 amide bonds. The molecule has 2 N–H and O–H groups in total. The van der Waals surface area contributed by atoms with Gasteiger partial charge in [-0.05, 0) is 47.2 Å². The molecule has 0 saturated carbocycles. The zero-order valence-corrected chi connectivity index (χ0v) is 16.2. The summed E-state index contributed by atoms with van der Waals surface area (Å²) in [6.45, 7) is 10.0. The molecule has 3 aromatic carbocycles. The maximum atomic E-state index is 12.3. The van der Waals surface area contributed by atoms with Crippen LogP contribution < -0.4 is 4.72 Å². The highest BCUT2D eigenvalue weighted by Gasteiger charge is 2.13. The van der Waals surface area contributed by atoms with Crippen molar-refractivity contribution in [2.45, 2.75) is 18.7 Å². The van der Waals surface area contributed by atoms with Gasteiger partial charge in [-0.15, -0.1) is 13.2 Å². The Morgan fingerprint density at radius 3 is 2.04 bits per heavy atom. The Kier molecular flexibility index (Phi) is 8.23. The number of anilines is 1. The first kappa shape index (κ1) is 21.9. The molecule has 0 radical (unpaired) electrons. The van der Waals surface area contributed by atoms with Crippen LogP contribution in [0.25, 0.3) is 10.8 Å². The van der Waals surface area contributed by atoms with Crippen LogP contribution in [0.5, 0.6) is 0 Å². The lowest BCUT2D eigenvalue weighted by Crippen LogP contribution is -2.12. The minimum atomic E-state index is -3.65. The number of aromatic carboxylic acids is 1. The Bertz CT molecular complexity index is 999. The van der Waals surface area contributed by atoms with Crippen molar-refractivity contribution < 1.29 is 18.3 Å². The van der Waals surface area contributed by atoms with Crippen LogP contribution in [0.15, 0.2) is 84.8 Å². The van der Waals surface area contributed by atoms with Crippen molar-refractivity contribution >= 4 is 32.5 Å². The second kappa shape index (κ2) is 10.1. The third-order valence-corrected chi connectivity index (χ3v) is 4.79. The summed E-state index contributed by atoms with van der Waals surface area (Å²) >= 11 is 0. The van der Waals surface area contributed by atoms with Crippen LogP contribution in [0, 0.1) is 0 Å². The van der Waals surface area contributed by atoms with Gasteiger partial charge in [0.25, 0.3) is 10.0 Å². The van der Waals surface area contributed by atoms with Crippen molar-refractivity contribution in [3.63, 3.8) is 0 Å². The van der Waals surface area contributed by atoms with Gasteiger partial charge in [0.05, 0.1) is 10.5 Å². The first-order valence-corrected chi connectivity index (χ1v) is 9.79. The smallest absolute Gasteiger partial charge is 0.335 e. The number of carboxylic acids is 1. The topological polar surface area (TPSA) is 83.5 Å². The number of nitrogens with one attached hydrogen (secondary N) is 1. The molecule has 0 fully saturated rings. The van der Waals surface area contributed by atoms with Gasteiger partial charge in [-0.25, -0.2) is 13.2 Å². The Hall–Kier alpha value is -3.12. The summed E-state index contributed by atoms with van der Waals surface area (Å²) in [6, 6.07) is 17.7. The molecule has 3 rings (SSSR count). The summed E-state index contributed by atoms with van der Waals surface area (Å²) in [6.07, 6.45) is 0. The number of sulfonamides is 1. The normalized spacial score (nSPS) is 10.0. The van der Waals surface area contributed by atoms with Gasteiger partial charge in [0.1, 0.15) is 0 Å². The van der Waals surface area contributed by atoms with Crippen LogP contribution in [0.3, 0.4) is 0 Å². The van der Waals surface area contributed by atoms with E-state index >= 15 is 0 Å². The van der Waals surface area contributed by atoms with E-state index < -0.39 is 16.0 Å². The van der Waals surface area contributed by atoms with Crippen molar-refractivity contribution in [3.8, 4) is 0 Å². The van der Waals surface area contributed by atoms with E-state index in [4.69, 9.17) is 5.11 Å². The van der Waals surface area contributed by atoms with Crippen molar-refractivity contribution in [2.24, 2.45) is 0 Å². The molecular weight excluding hydrogens is 362 g/mol. The molecule has 0 aliphatic carbocycles. The summed E-state index contributed by atoms with van der Waals surface area (Å²) in [5, 5.41) is 10.5. The Morgan fingerprint density at radius 2 is 1.44 bits per heavy atom. The van der Waals surface area contributed by atoms with Gasteiger partial charge >= 0.3 is 5.97 Å². The summed E-state index contributed by atoms with van der Waals surface area (Å²) in [4.78, 5) is 11.1. The van der Waals surface area contributed by atoms with Crippen LogP contribution in [-0.2, 0) is 10.0 Å². The zero-order valence-electron chi connectivity index (χ0n) is 15.3. The molecule has 3 aromatic rings. The van der Waals surface area contributed by atoms with Crippen molar-refractivity contribution in [1.82, 2.24) is 0 Å². The number of rotatable bonds is 4. The molecule has 0 spiro atoms. The van der Waals surface area contributed by atoms with Crippen molar-refractivity contribution in [1.29, 1.82) is 0 Å². The molecule has 27 heavy (non-hydrogen) atoms. The summed E-state index contributed by atoms with van der Waals surface area (Å²) in [5.41, 5.74) is 0.611. The molecule has 0 aliphatic rings. The lowest BCUT2D eigenvalue weighted by atomic mass is 10.1. The second-order valence-corrected chi connectivity index (χ2v) is 6.68. The lowest BCUT2D eigenvalue weighted by molar-refractivity contribution is 0.0697. The number of hydrogen-bond acceptors (Lipinski definition) is 3. The molecule has 0 heterocycles. The van der Waals surface area contributed by atoms with E-state index in [-0.39, 0.29) is 10.5 Å². The van der Waals surface area contributed by atoms with E-state index in [1.165, 1.54) is 18.2 Å². The highest BCUT2D eigenvalue weighted by molar-refractivity contribution is 7.92. The average molecular weight is 385 g/mol. The van der Waals surface area contributed by atoms with Gasteiger partial charge in [0.2, 0.25) is 0 Å². The summed E-state index contributed by atoms with van der Waals surface area (Å²) in [7, 11) is -3.65. The van der Waals surface area contributed by atoms with Crippen LogP contribution in [-0.4, -0.2) is 19.5 Å². The molecule has 0 atom stereocenters. The minimum absolute atomic E-state index is 0.182. The van der Waals surface area contributed by atoms with Crippen molar-refractivity contribution in [3.05, 3.63) is 85.5 Å². The first-order valence-electron chi connectivity index (χ1n) is 8.31. The molecule has 0 bridgehead atoms. The minimum Gasteiger partial charge on any atom is -0.478 e. The molecule has 0 unspecified atom stereocenters. The predicted octanol–water partition coefficient (Wildman–Crippen LogP) is 5.17. The third kappa shape index (κ3) is 5.69. The summed E-state index contributed by atoms with van der Waals surface area (Å²) in [5.74, 6) is -0.999. The van der Waals surface area contributed by atoms with Crippen LogP contribution in [0.4, 0.5) is 5.69 Å².